The molecule has 0 spiro atoms. The van der Waals surface area contributed by atoms with Crippen LogP contribution in [0.3, 0.4) is 0 Å². The number of hydrogen-bond acceptors (Lipinski definition) is 5. The lowest BCUT2D eigenvalue weighted by molar-refractivity contribution is -0.124. The molecule has 1 N–H and O–H groups in total. The quantitative estimate of drug-likeness (QED) is 0.471. The predicted octanol–water partition coefficient (Wildman–Crippen LogP) is 3.33. The highest BCUT2D eigenvalue weighted by Crippen LogP contribution is 2.21. The molecule has 1 aromatic heterocycles. The summed E-state index contributed by atoms with van der Waals surface area (Å²) in [6, 6.07) is 25.6. The maximum absolute atomic E-state index is 12.5. The van der Waals surface area contributed by atoms with Crippen LogP contribution >= 0.6 is 0 Å². The molecule has 0 aliphatic rings. The Morgan fingerprint density at radius 3 is 2.03 bits per heavy atom. The second-order valence-electron chi connectivity index (χ2n) is 6.78. The molecule has 0 unspecified atom stereocenters. The minimum atomic E-state index is -0.573. The van der Waals surface area contributed by atoms with Gasteiger partial charge in [-0.2, -0.15) is 5.10 Å². The molecule has 0 aliphatic heterocycles. The molecule has 1 amide bonds. The van der Waals surface area contributed by atoms with Crippen LogP contribution in [0.5, 0.6) is 0 Å². The van der Waals surface area contributed by atoms with Gasteiger partial charge in [-0.15, -0.1) is 0 Å². The predicted molar refractivity (Wildman–Crippen MR) is 115 cm³/mol. The van der Waals surface area contributed by atoms with Crippen molar-refractivity contribution in [2.45, 2.75) is 6.04 Å². The van der Waals surface area contributed by atoms with Crippen molar-refractivity contribution < 1.29 is 14.3 Å². The van der Waals surface area contributed by atoms with E-state index in [0.29, 0.717) is 5.56 Å². The third kappa shape index (κ3) is 5.02. The standard InChI is InChI=1S/C24H20N4O3/c29-22(27-23(18-7-3-1-4-8-18)19-9-5-2-6-10-19)15-31-24(30)20-11-13-21(14-12-20)28-17-25-16-26-28/h1-14,16-17,23H,15H2,(H,27,29). The number of carbonyl (C=O) groups excluding carboxylic acids is 2. The van der Waals surface area contributed by atoms with Gasteiger partial charge in [0.15, 0.2) is 6.61 Å². The number of hydrogen-bond donors (Lipinski definition) is 1. The zero-order valence-corrected chi connectivity index (χ0v) is 16.6. The zero-order chi connectivity index (χ0) is 21.5. The summed E-state index contributed by atoms with van der Waals surface area (Å²) in [4.78, 5) is 28.8. The molecule has 1 heterocycles. The molecule has 154 valence electrons. The van der Waals surface area contributed by atoms with E-state index in [-0.39, 0.29) is 18.6 Å². The molecule has 7 nitrogen and oxygen atoms in total. The Labute approximate surface area is 179 Å². The van der Waals surface area contributed by atoms with E-state index >= 15 is 0 Å². The summed E-state index contributed by atoms with van der Waals surface area (Å²) in [5.74, 6) is -0.957. The summed E-state index contributed by atoms with van der Waals surface area (Å²) in [7, 11) is 0. The fourth-order valence-electron chi connectivity index (χ4n) is 3.16. The van der Waals surface area contributed by atoms with Crippen molar-refractivity contribution in [3.8, 4) is 5.69 Å². The molecule has 31 heavy (non-hydrogen) atoms. The Balaban J connectivity index is 1.38. The molecular weight excluding hydrogens is 392 g/mol. The van der Waals surface area contributed by atoms with E-state index in [4.69, 9.17) is 4.74 Å². The highest BCUT2D eigenvalue weighted by molar-refractivity contribution is 5.91. The molecule has 4 rings (SSSR count). The molecule has 0 saturated carbocycles. The van der Waals surface area contributed by atoms with E-state index in [2.05, 4.69) is 15.4 Å². The minimum Gasteiger partial charge on any atom is -0.452 e. The lowest BCUT2D eigenvalue weighted by Gasteiger charge is -2.20. The lowest BCUT2D eigenvalue weighted by atomic mass is 9.99. The normalized spacial score (nSPS) is 10.6. The third-order valence-corrected chi connectivity index (χ3v) is 4.69. The second kappa shape index (κ2) is 9.49. The minimum absolute atomic E-state index is 0.337. The van der Waals surface area contributed by atoms with Crippen LogP contribution in [-0.2, 0) is 9.53 Å². The molecule has 3 aromatic carbocycles. The molecule has 7 heteroatoms. The Bertz CT molecular complexity index is 1090. The van der Waals surface area contributed by atoms with Crippen molar-refractivity contribution >= 4 is 11.9 Å². The smallest absolute Gasteiger partial charge is 0.338 e. The van der Waals surface area contributed by atoms with E-state index in [1.165, 1.54) is 6.33 Å². The highest BCUT2D eigenvalue weighted by atomic mass is 16.5. The average molecular weight is 412 g/mol. The molecule has 0 radical (unpaired) electrons. The first-order chi connectivity index (χ1) is 15.2. The van der Waals surface area contributed by atoms with Crippen molar-refractivity contribution in [1.82, 2.24) is 20.1 Å². The summed E-state index contributed by atoms with van der Waals surface area (Å²) in [6.07, 6.45) is 2.99. The van der Waals surface area contributed by atoms with Gasteiger partial charge >= 0.3 is 5.97 Å². The Hall–Kier alpha value is -4.26. The number of amides is 1. The van der Waals surface area contributed by atoms with E-state index in [1.54, 1.807) is 35.3 Å². The van der Waals surface area contributed by atoms with Crippen LogP contribution in [0.2, 0.25) is 0 Å². The summed E-state index contributed by atoms with van der Waals surface area (Å²) >= 11 is 0. The van der Waals surface area contributed by atoms with Gasteiger partial charge in [-0.25, -0.2) is 14.5 Å². The van der Waals surface area contributed by atoms with Crippen molar-refractivity contribution in [3.05, 3.63) is 114 Å². The first-order valence-electron chi connectivity index (χ1n) is 9.72. The van der Waals surface area contributed by atoms with E-state index in [9.17, 15) is 9.59 Å². The molecular formula is C24H20N4O3. The van der Waals surface area contributed by atoms with Crippen LogP contribution in [-0.4, -0.2) is 33.2 Å². The summed E-state index contributed by atoms with van der Waals surface area (Å²) in [5.41, 5.74) is 2.99. The van der Waals surface area contributed by atoms with Gasteiger partial charge in [0.2, 0.25) is 0 Å². The number of nitrogens with one attached hydrogen (secondary N) is 1. The number of carbonyl (C=O) groups is 2. The topological polar surface area (TPSA) is 86.1 Å². The number of esters is 1. The first kappa shape index (κ1) is 20.0. The van der Waals surface area contributed by atoms with Gasteiger partial charge in [-0.3, -0.25) is 4.79 Å². The maximum atomic E-state index is 12.5. The Morgan fingerprint density at radius 1 is 0.871 bits per heavy atom. The van der Waals surface area contributed by atoms with Gasteiger partial charge < -0.3 is 10.1 Å². The zero-order valence-electron chi connectivity index (χ0n) is 16.6. The average Bonchev–Trinajstić information content (AvgIpc) is 3.37. The molecule has 4 aromatic rings. The van der Waals surface area contributed by atoms with Gasteiger partial charge in [0, 0.05) is 0 Å². The van der Waals surface area contributed by atoms with E-state index in [0.717, 1.165) is 16.8 Å². The molecule has 0 fully saturated rings. The monoisotopic (exact) mass is 412 g/mol. The van der Waals surface area contributed by atoms with E-state index in [1.807, 2.05) is 60.7 Å². The van der Waals surface area contributed by atoms with Crippen molar-refractivity contribution in [2.75, 3.05) is 6.61 Å². The molecule has 0 bridgehead atoms. The van der Waals surface area contributed by atoms with Gasteiger partial charge in [0.25, 0.3) is 5.91 Å². The van der Waals surface area contributed by atoms with Crippen LogP contribution in [0.15, 0.2) is 97.6 Å². The van der Waals surface area contributed by atoms with Crippen LogP contribution in [0.25, 0.3) is 5.69 Å². The van der Waals surface area contributed by atoms with Gasteiger partial charge in [0.1, 0.15) is 12.7 Å². The number of rotatable bonds is 7. The number of aromatic nitrogens is 3. The Kier molecular flexibility index (Phi) is 6.13. The SMILES string of the molecule is O=C(COC(=O)c1ccc(-n2cncn2)cc1)NC(c1ccccc1)c1ccccc1. The van der Waals surface area contributed by atoms with Gasteiger partial charge in [-0.1, -0.05) is 60.7 Å². The third-order valence-electron chi connectivity index (χ3n) is 4.69. The summed E-state index contributed by atoms with van der Waals surface area (Å²) < 4.78 is 6.79. The van der Waals surface area contributed by atoms with Crippen molar-refractivity contribution in [3.63, 3.8) is 0 Å². The van der Waals surface area contributed by atoms with Crippen molar-refractivity contribution in [1.29, 1.82) is 0 Å². The first-order valence-corrected chi connectivity index (χ1v) is 9.72. The summed E-state index contributed by atoms with van der Waals surface area (Å²) in [6.45, 7) is -0.375. The fraction of sp³-hybridized carbons (Fsp3) is 0.0833. The van der Waals surface area contributed by atoms with E-state index < -0.39 is 5.97 Å². The van der Waals surface area contributed by atoms with Crippen LogP contribution in [0.4, 0.5) is 0 Å². The molecule has 0 aliphatic carbocycles. The number of ether oxygens (including phenoxy) is 1. The highest BCUT2D eigenvalue weighted by Gasteiger charge is 2.18. The largest absolute Gasteiger partial charge is 0.452 e. The maximum Gasteiger partial charge on any atom is 0.338 e. The second-order valence-corrected chi connectivity index (χ2v) is 6.78. The van der Waals surface area contributed by atoms with Crippen LogP contribution in [0.1, 0.15) is 27.5 Å². The van der Waals surface area contributed by atoms with Gasteiger partial charge in [-0.05, 0) is 35.4 Å². The van der Waals surface area contributed by atoms with Crippen molar-refractivity contribution in [2.24, 2.45) is 0 Å². The lowest BCUT2D eigenvalue weighted by Crippen LogP contribution is -2.33. The molecule has 0 atom stereocenters. The number of benzene rings is 3. The van der Waals surface area contributed by atoms with Crippen LogP contribution < -0.4 is 5.32 Å². The summed E-state index contributed by atoms with van der Waals surface area (Å²) in [5, 5.41) is 6.98. The molecule has 0 saturated heterocycles. The van der Waals surface area contributed by atoms with Gasteiger partial charge in [0.05, 0.1) is 17.3 Å². The Morgan fingerprint density at radius 2 is 1.48 bits per heavy atom. The number of nitrogens with zero attached hydrogens (tertiary/aromatic N) is 3. The fourth-order valence-corrected chi connectivity index (χ4v) is 3.16. The van der Waals surface area contributed by atoms with Crippen LogP contribution in [0, 0.1) is 0 Å².